The van der Waals surface area contributed by atoms with Gasteiger partial charge in [0.05, 0.1) is 5.92 Å². The number of hydrogen-bond acceptors (Lipinski definition) is 3. The number of nitrogens with zero attached hydrogens (tertiary/aromatic N) is 1. The number of halogens is 6. The van der Waals surface area contributed by atoms with Gasteiger partial charge in [0, 0.05) is 24.5 Å². The summed E-state index contributed by atoms with van der Waals surface area (Å²) in [4.78, 5) is 15.4. The minimum atomic E-state index is -4.99. The summed E-state index contributed by atoms with van der Waals surface area (Å²) in [6.07, 6.45) is -4.23. The number of benzene rings is 2. The highest BCUT2D eigenvalue weighted by Crippen LogP contribution is 2.30. The van der Waals surface area contributed by atoms with Gasteiger partial charge in [-0.25, -0.2) is 13.2 Å². The molecule has 2 aromatic carbocycles. The molecule has 0 bridgehead atoms. The van der Waals surface area contributed by atoms with Gasteiger partial charge in [-0.1, -0.05) is 12.1 Å². The van der Waals surface area contributed by atoms with Gasteiger partial charge in [-0.3, -0.25) is 15.2 Å². The van der Waals surface area contributed by atoms with E-state index >= 15 is 0 Å². The first kappa shape index (κ1) is 21.1. The molecule has 148 valence electrons. The molecule has 0 aliphatic rings. The third-order valence-corrected chi connectivity index (χ3v) is 3.70. The number of rotatable bonds is 5. The van der Waals surface area contributed by atoms with Crippen LogP contribution in [0.5, 0.6) is 0 Å². The predicted octanol–water partition coefficient (Wildman–Crippen LogP) is 4.72. The van der Waals surface area contributed by atoms with E-state index in [1.807, 2.05) is 0 Å². The maximum Gasteiger partial charge on any atom is 0.429 e. The maximum absolute atomic E-state index is 14.4. The molecule has 0 saturated heterocycles. The van der Waals surface area contributed by atoms with Crippen molar-refractivity contribution in [3.63, 3.8) is 0 Å². The van der Waals surface area contributed by atoms with E-state index in [9.17, 15) is 31.1 Å². The Balaban J connectivity index is 2.33. The van der Waals surface area contributed by atoms with E-state index in [0.29, 0.717) is 6.07 Å². The van der Waals surface area contributed by atoms with Crippen LogP contribution in [0.3, 0.4) is 0 Å². The summed E-state index contributed by atoms with van der Waals surface area (Å²) in [5.41, 5.74) is -3.34. The van der Waals surface area contributed by atoms with Gasteiger partial charge in [0.15, 0.2) is 0 Å². The number of anilines is 1. The lowest BCUT2D eigenvalue weighted by molar-refractivity contribution is -0.0612. The highest BCUT2D eigenvalue weighted by Gasteiger charge is 2.40. The molecule has 2 rings (SSSR count). The number of carbonyl (C=O) groups excluding carboxylic acids is 1. The first-order valence-corrected chi connectivity index (χ1v) is 7.69. The third-order valence-electron chi connectivity index (χ3n) is 3.70. The van der Waals surface area contributed by atoms with Crippen molar-refractivity contribution in [3.05, 3.63) is 65.0 Å². The Hall–Kier alpha value is -3.17. The monoisotopic (exact) mass is 401 g/mol. The molecule has 28 heavy (non-hydrogen) atoms. The van der Waals surface area contributed by atoms with Crippen LogP contribution in [-0.4, -0.2) is 31.1 Å². The van der Waals surface area contributed by atoms with Crippen LogP contribution < -0.4 is 5.32 Å². The summed E-state index contributed by atoms with van der Waals surface area (Å²) in [5, 5.41) is 9.30. The Morgan fingerprint density at radius 2 is 1.71 bits per heavy atom. The quantitative estimate of drug-likeness (QED) is 0.553. The van der Waals surface area contributed by atoms with E-state index in [1.54, 1.807) is 0 Å². The van der Waals surface area contributed by atoms with Crippen LogP contribution in [0.4, 0.5) is 32.0 Å². The molecule has 0 aromatic heterocycles. The van der Waals surface area contributed by atoms with Gasteiger partial charge in [-0.2, -0.15) is 13.2 Å². The Morgan fingerprint density at radius 3 is 2.21 bits per heavy atom. The van der Waals surface area contributed by atoms with Crippen LogP contribution >= 0.6 is 0 Å². The van der Waals surface area contributed by atoms with E-state index in [2.05, 4.69) is 10.3 Å². The summed E-state index contributed by atoms with van der Waals surface area (Å²) in [5.74, 6) is -6.41. The average molecular weight is 401 g/mol. The van der Waals surface area contributed by atoms with E-state index in [0.717, 1.165) is 36.5 Å². The second kappa shape index (κ2) is 8.24. The molecule has 0 spiro atoms. The summed E-state index contributed by atoms with van der Waals surface area (Å²) in [6.45, 7) is 0. The zero-order valence-electron chi connectivity index (χ0n) is 14.2. The molecule has 0 heterocycles. The van der Waals surface area contributed by atoms with Gasteiger partial charge in [0.2, 0.25) is 0 Å². The van der Waals surface area contributed by atoms with Crippen LogP contribution in [-0.2, 0) is 0 Å². The zero-order chi connectivity index (χ0) is 21.1. The molecule has 1 amide bonds. The topological polar surface area (TPSA) is 65.3 Å². The Morgan fingerprint density at radius 1 is 1.11 bits per heavy atom. The molecular formula is C18H13F6N3O. The summed E-state index contributed by atoms with van der Waals surface area (Å²) in [6, 6.07) is 5.44. The van der Waals surface area contributed by atoms with Crippen molar-refractivity contribution < 1.29 is 31.1 Å². The SMILES string of the molecule is CN=CC(C(=N)C(F)(F)F)c1ccc(NC(=O)c2c(F)cccc2F)cc1F. The van der Waals surface area contributed by atoms with Crippen molar-refractivity contribution in [3.8, 4) is 0 Å². The molecule has 1 unspecified atom stereocenters. The van der Waals surface area contributed by atoms with Crippen molar-refractivity contribution in [2.24, 2.45) is 4.99 Å². The zero-order valence-corrected chi connectivity index (χ0v) is 14.2. The van der Waals surface area contributed by atoms with Crippen molar-refractivity contribution in [2.45, 2.75) is 12.1 Å². The van der Waals surface area contributed by atoms with Gasteiger partial charge < -0.3 is 5.32 Å². The Kier molecular flexibility index (Phi) is 6.22. The van der Waals surface area contributed by atoms with Crippen LogP contribution in [0, 0.1) is 22.9 Å². The van der Waals surface area contributed by atoms with Crippen LogP contribution in [0.2, 0.25) is 0 Å². The highest BCUT2D eigenvalue weighted by atomic mass is 19.4. The molecule has 10 heteroatoms. The van der Waals surface area contributed by atoms with Crippen LogP contribution in [0.25, 0.3) is 0 Å². The highest BCUT2D eigenvalue weighted by molar-refractivity contribution is 6.06. The fourth-order valence-corrected chi connectivity index (χ4v) is 2.40. The lowest BCUT2D eigenvalue weighted by Crippen LogP contribution is -2.30. The van der Waals surface area contributed by atoms with E-state index in [4.69, 9.17) is 5.41 Å². The van der Waals surface area contributed by atoms with Crippen molar-refractivity contribution in [1.29, 1.82) is 5.41 Å². The van der Waals surface area contributed by atoms with Gasteiger partial charge in [-0.05, 0) is 24.3 Å². The normalized spacial score (nSPS) is 12.8. The number of nitrogens with one attached hydrogen (secondary N) is 2. The Bertz CT molecular complexity index is 919. The van der Waals surface area contributed by atoms with E-state index in [-0.39, 0.29) is 5.69 Å². The first-order valence-electron chi connectivity index (χ1n) is 7.69. The number of amides is 1. The molecule has 4 nitrogen and oxygen atoms in total. The number of aliphatic imine (C=N–C) groups is 1. The minimum absolute atomic E-state index is 0.236. The number of hydrogen-bond donors (Lipinski definition) is 2. The fourth-order valence-electron chi connectivity index (χ4n) is 2.40. The van der Waals surface area contributed by atoms with Crippen molar-refractivity contribution >= 4 is 23.5 Å². The van der Waals surface area contributed by atoms with Crippen LogP contribution in [0.15, 0.2) is 41.4 Å². The van der Waals surface area contributed by atoms with Crippen LogP contribution in [0.1, 0.15) is 21.8 Å². The van der Waals surface area contributed by atoms with Gasteiger partial charge in [-0.15, -0.1) is 0 Å². The third kappa shape index (κ3) is 4.56. The fraction of sp³-hybridized carbons (Fsp3) is 0.167. The number of carbonyl (C=O) groups is 1. The van der Waals surface area contributed by atoms with E-state index in [1.165, 1.54) is 7.05 Å². The molecule has 0 saturated carbocycles. The standard InChI is InChI=1S/C18H13F6N3O/c1-26-8-11(16(25)18(22,23)24)10-6-5-9(7-14(10)21)27-17(28)15-12(19)3-2-4-13(15)20/h2-8,11,25H,1H3,(H,27,28). The van der Waals surface area contributed by atoms with Gasteiger partial charge in [0.1, 0.15) is 28.7 Å². The van der Waals surface area contributed by atoms with Gasteiger partial charge in [0.25, 0.3) is 5.91 Å². The van der Waals surface area contributed by atoms with E-state index < -0.39 is 52.3 Å². The summed E-state index contributed by atoms with van der Waals surface area (Å²) < 4.78 is 80.0. The predicted molar refractivity (Wildman–Crippen MR) is 91.6 cm³/mol. The van der Waals surface area contributed by atoms with Crippen molar-refractivity contribution in [2.75, 3.05) is 12.4 Å². The maximum atomic E-state index is 14.4. The average Bonchev–Trinajstić information content (AvgIpc) is 2.59. The molecule has 0 aliphatic heterocycles. The molecule has 2 aromatic rings. The summed E-state index contributed by atoms with van der Waals surface area (Å²) >= 11 is 0. The smallest absolute Gasteiger partial charge is 0.322 e. The number of alkyl halides is 3. The lowest BCUT2D eigenvalue weighted by atomic mass is 9.94. The molecular weight excluding hydrogens is 388 g/mol. The van der Waals surface area contributed by atoms with Crippen molar-refractivity contribution in [1.82, 2.24) is 0 Å². The minimum Gasteiger partial charge on any atom is -0.322 e. The second-order valence-corrected chi connectivity index (χ2v) is 5.58. The molecule has 2 N–H and O–H groups in total. The lowest BCUT2D eigenvalue weighted by Gasteiger charge is -2.18. The Labute approximate surface area is 155 Å². The van der Waals surface area contributed by atoms with Gasteiger partial charge >= 0.3 is 6.18 Å². The molecule has 0 radical (unpaired) electrons. The summed E-state index contributed by atoms with van der Waals surface area (Å²) in [7, 11) is 1.17. The second-order valence-electron chi connectivity index (χ2n) is 5.58. The largest absolute Gasteiger partial charge is 0.429 e. The first-order chi connectivity index (χ1) is 13.1. The molecule has 0 fully saturated rings. The molecule has 1 atom stereocenters. The molecule has 0 aliphatic carbocycles.